The maximum Gasteiger partial charge on any atom is 0.270 e. The van der Waals surface area contributed by atoms with Crippen molar-refractivity contribution in [3.8, 4) is 5.75 Å². The summed E-state index contributed by atoms with van der Waals surface area (Å²) in [6.07, 6.45) is 2.38. The van der Waals surface area contributed by atoms with Crippen molar-refractivity contribution in [2.24, 2.45) is 0 Å². The van der Waals surface area contributed by atoms with E-state index in [-0.39, 0.29) is 23.1 Å². The van der Waals surface area contributed by atoms with E-state index >= 15 is 0 Å². The van der Waals surface area contributed by atoms with Crippen LogP contribution in [-0.4, -0.2) is 16.9 Å². The quantitative estimate of drug-likeness (QED) is 0.253. The van der Waals surface area contributed by atoms with Gasteiger partial charge in [-0.3, -0.25) is 19.8 Å². The van der Waals surface area contributed by atoms with Gasteiger partial charge in [0.2, 0.25) is 0 Å². The Labute approximate surface area is 210 Å². The second kappa shape index (κ2) is 10.3. The summed E-state index contributed by atoms with van der Waals surface area (Å²) < 4.78 is 19.8. The molecular formula is C26H20BrFN2O3S. The average Bonchev–Trinajstić information content (AvgIpc) is 2.81. The zero-order chi connectivity index (χ0) is 24.2. The molecule has 2 amide bonds. The number of halogens is 2. The highest BCUT2D eigenvalue weighted by Gasteiger charge is 2.34. The van der Waals surface area contributed by atoms with E-state index < -0.39 is 11.8 Å². The molecule has 0 aliphatic carbocycles. The van der Waals surface area contributed by atoms with Crippen LogP contribution in [0.2, 0.25) is 0 Å². The molecule has 3 aromatic carbocycles. The Bertz CT molecular complexity index is 1310. The fourth-order valence-electron chi connectivity index (χ4n) is 3.45. The van der Waals surface area contributed by atoms with Crippen molar-refractivity contribution in [3.63, 3.8) is 0 Å². The first-order valence-corrected chi connectivity index (χ1v) is 11.7. The van der Waals surface area contributed by atoms with E-state index in [4.69, 9.17) is 17.0 Å². The Morgan fingerprint density at radius 2 is 1.82 bits per heavy atom. The summed E-state index contributed by atoms with van der Waals surface area (Å²) in [4.78, 5) is 27.1. The van der Waals surface area contributed by atoms with Crippen molar-refractivity contribution < 1.29 is 18.7 Å². The number of nitrogens with one attached hydrogen (secondary N) is 1. The van der Waals surface area contributed by atoms with Gasteiger partial charge in [-0.2, -0.15) is 0 Å². The number of thiocarbonyl (C=S) groups is 1. The lowest BCUT2D eigenvalue weighted by Crippen LogP contribution is -2.54. The predicted octanol–water partition coefficient (Wildman–Crippen LogP) is 5.56. The number of nitrogens with zero attached hydrogens (tertiary/aromatic N) is 1. The molecule has 0 saturated carbocycles. The van der Waals surface area contributed by atoms with Gasteiger partial charge in [0.15, 0.2) is 5.11 Å². The average molecular weight is 539 g/mol. The molecule has 1 aliphatic rings. The summed E-state index contributed by atoms with van der Waals surface area (Å²) in [5, 5.41) is 2.63. The zero-order valence-electron chi connectivity index (χ0n) is 18.2. The monoisotopic (exact) mass is 538 g/mol. The molecule has 1 heterocycles. The molecule has 0 atom stereocenters. The Kier molecular flexibility index (Phi) is 7.19. The second-order valence-corrected chi connectivity index (χ2v) is 8.83. The molecule has 1 fully saturated rings. The van der Waals surface area contributed by atoms with E-state index in [1.54, 1.807) is 42.5 Å². The Morgan fingerprint density at radius 3 is 2.50 bits per heavy atom. The van der Waals surface area contributed by atoms with Crippen LogP contribution in [-0.2, 0) is 22.6 Å². The number of carbonyl (C=O) groups excluding carboxylic acids is 2. The number of hydrogen-bond donors (Lipinski definition) is 1. The van der Waals surface area contributed by atoms with Gasteiger partial charge in [-0.05, 0) is 93.7 Å². The molecule has 0 aromatic heterocycles. The minimum absolute atomic E-state index is 0.0338. The molecule has 34 heavy (non-hydrogen) atoms. The van der Waals surface area contributed by atoms with Gasteiger partial charge in [-0.15, -0.1) is 0 Å². The minimum atomic E-state index is -0.556. The molecule has 172 valence electrons. The Balaban J connectivity index is 1.55. The van der Waals surface area contributed by atoms with Crippen molar-refractivity contribution >= 4 is 56.8 Å². The summed E-state index contributed by atoms with van der Waals surface area (Å²) in [7, 11) is 0. The maximum absolute atomic E-state index is 13.4. The second-order valence-electron chi connectivity index (χ2n) is 7.59. The third kappa shape index (κ3) is 5.24. The lowest BCUT2D eigenvalue weighted by atomic mass is 10.1. The molecule has 0 spiro atoms. The summed E-state index contributed by atoms with van der Waals surface area (Å²) in [5.74, 6) is -0.836. The van der Waals surface area contributed by atoms with Crippen molar-refractivity contribution in [1.82, 2.24) is 5.32 Å². The van der Waals surface area contributed by atoms with Crippen LogP contribution in [0.3, 0.4) is 0 Å². The van der Waals surface area contributed by atoms with Crippen molar-refractivity contribution in [1.29, 1.82) is 0 Å². The molecular weight excluding hydrogens is 519 g/mol. The Morgan fingerprint density at radius 1 is 1.06 bits per heavy atom. The molecule has 1 aliphatic heterocycles. The Hall–Kier alpha value is -3.36. The van der Waals surface area contributed by atoms with Crippen LogP contribution in [0, 0.1) is 5.82 Å². The number of rotatable bonds is 6. The highest BCUT2D eigenvalue weighted by molar-refractivity contribution is 9.10. The molecule has 5 nitrogen and oxygen atoms in total. The summed E-state index contributed by atoms with van der Waals surface area (Å²) >= 11 is 8.71. The highest BCUT2D eigenvalue weighted by atomic mass is 79.9. The van der Waals surface area contributed by atoms with E-state index in [2.05, 4.69) is 21.2 Å². The summed E-state index contributed by atoms with van der Waals surface area (Å²) in [5.41, 5.74) is 3.00. The van der Waals surface area contributed by atoms with Crippen LogP contribution in [0.15, 0.2) is 76.8 Å². The van der Waals surface area contributed by atoms with Crippen molar-refractivity contribution in [2.75, 3.05) is 4.90 Å². The number of carbonyl (C=O) groups is 2. The highest BCUT2D eigenvalue weighted by Crippen LogP contribution is 2.29. The topological polar surface area (TPSA) is 58.6 Å². The SMILES string of the molecule is CCc1ccc(N2C(=O)/C(=C/c3ccc(OCc4cccc(F)c4)c(Br)c3)C(=O)NC2=S)cc1. The van der Waals surface area contributed by atoms with Crippen LogP contribution in [0.1, 0.15) is 23.6 Å². The third-order valence-corrected chi connectivity index (χ3v) is 6.16. The van der Waals surface area contributed by atoms with Gasteiger partial charge < -0.3 is 4.74 Å². The van der Waals surface area contributed by atoms with Crippen LogP contribution in [0.25, 0.3) is 6.08 Å². The predicted molar refractivity (Wildman–Crippen MR) is 137 cm³/mol. The van der Waals surface area contributed by atoms with Gasteiger partial charge in [-0.1, -0.05) is 37.3 Å². The lowest BCUT2D eigenvalue weighted by Gasteiger charge is -2.29. The summed E-state index contributed by atoms with van der Waals surface area (Å²) in [6.45, 7) is 2.24. The maximum atomic E-state index is 13.4. The van der Waals surface area contributed by atoms with Crippen LogP contribution in [0.4, 0.5) is 10.1 Å². The van der Waals surface area contributed by atoms with Crippen LogP contribution >= 0.6 is 28.1 Å². The molecule has 1 N–H and O–H groups in total. The molecule has 1 saturated heterocycles. The number of hydrogen-bond acceptors (Lipinski definition) is 4. The molecule has 3 aromatic rings. The van der Waals surface area contributed by atoms with Crippen molar-refractivity contribution in [2.45, 2.75) is 20.0 Å². The molecule has 0 bridgehead atoms. The van der Waals surface area contributed by atoms with E-state index in [0.29, 0.717) is 27.0 Å². The van der Waals surface area contributed by atoms with Gasteiger partial charge in [0.25, 0.3) is 11.8 Å². The van der Waals surface area contributed by atoms with Crippen LogP contribution < -0.4 is 15.0 Å². The summed E-state index contributed by atoms with van der Waals surface area (Å²) in [6, 6.07) is 18.8. The first-order chi connectivity index (χ1) is 16.4. The number of anilines is 1. The molecule has 8 heteroatoms. The van der Waals surface area contributed by atoms with Crippen LogP contribution in [0.5, 0.6) is 5.75 Å². The lowest BCUT2D eigenvalue weighted by molar-refractivity contribution is -0.122. The van der Waals surface area contributed by atoms with Gasteiger partial charge in [-0.25, -0.2) is 4.39 Å². The molecule has 4 rings (SSSR count). The van der Waals surface area contributed by atoms with Gasteiger partial charge in [0.1, 0.15) is 23.7 Å². The van der Waals surface area contributed by atoms with E-state index in [1.165, 1.54) is 23.1 Å². The van der Waals surface area contributed by atoms with E-state index in [9.17, 15) is 14.0 Å². The van der Waals surface area contributed by atoms with Crippen molar-refractivity contribution in [3.05, 3.63) is 99.3 Å². The fraction of sp³-hybridized carbons (Fsp3) is 0.115. The fourth-order valence-corrected chi connectivity index (χ4v) is 4.24. The smallest absolute Gasteiger partial charge is 0.270 e. The number of benzene rings is 3. The largest absolute Gasteiger partial charge is 0.488 e. The molecule has 0 unspecified atom stereocenters. The van der Waals surface area contributed by atoms with E-state index in [0.717, 1.165) is 12.0 Å². The first kappa shape index (κ1) is 23.8. The number of ether oxygens (including phenoxy) is 1. The number of aryl methyl sites for hydroxylation is 1. The number of amides is 2. The van der Waals surface area contributed by atoms with Gasteiger partial charge in [0, 0.05) is 0 Å². The normalized spacial score (nSPS) is 15.0. The van der Waals surface area contributed by atoms with Gasteiger partial charge in [0.05, 0.1) is 10.2 Å². The zero-order valence-corrected chi connectivity index (χ0v) is 20.6. The van der Waals surface area contributed by atoms with E-state index in [1.807, 2.05) is 19.1 Å². The third-order valence-electron chi connectivity index (χ3n) is 5.25. The minimum Gasteiger partial charge on any atom is -0.488 e. The first-order valence-electron chi connectivity index (χ1n) is 10.5. The van der Waals surface area contributed by atoms with Gasteiger partial charge >= 0.3 is 0 Å². The molecule has 0 radical (unpaired) electrons. The standard InChI is InChI=1S/C26H20BrFN2O3S/c1-2-16-6-9-20(10-7-16)30-25(32)21(24(31)29-26(30)34)13-17-8-11-23(22(27)14-17)33-15-18-4-3-5-19(28)12-18/h3-14H,2,15H2,1H3,(H,29,31,34)/b21-13+.